The zero-order chi connectivity index (χ0) is 9.56. The second kappa shape index (κ2) is 6.21. The first kappa shape index (κ1) is 11.7. The van der Waals surface area contributed by atoms with E-state index in [0.717, 1.165) is 12.8 Å². The first-order valence-electron chi connectivity index (χ1n) is 4.62. The van der Waals surface area contributed by atoms with Crippen LogP contribution in [-0.4, -0.2) is 24.4 Å². The van der Waals surface area contributed by atoms with E-state index in [4.69, 9.17) is 4.74 Å². The van der Waals surface area contributed by atoms with E-state index in [1.807, 2.05) is 19.9 Å². The molecule has 0 fully saturated rings. The van der Waals surface area contributed by atoms with Crippen LogP contribution >= 0.6 is 0 Å². The normalized spacial score (nSPS) is 28.6. The van der Waals surface area contributed by atoms with Crippen molar-refractivity contribution in [1.82, 2.24) is 0 Å². The summed E-state index contributed by atoms with van der Waals surface area (Å²) >= 11 is 0. The topological polar surface area (TPSA) is 29.5 Å². The maximum absolute atomic E-state index is 9.32. The highest BCUT2D eigenvalue weighted by atomic mass is 16.5. The van der Waals surface area contributed by atoms with Crippen molar-refractivity contribution < 1.29 is 9.84 Å². The summed E-state index contributed by atoms with van der Waals surface area (Å²) < 4.78 is 5.05. The fourth-order valence-electron chi connectivity index (χ4n) is 1.24. The molecule has 2 nitrogen and oxygen atoms in total. The van der Waals surface area contributed by atoms with Crippen molar-refractivity contribution in [2.45, 2.75) is 45.8 Å². The standard InChI is InChI=1S/C8H14O2.C2H6/c1-6-3-4-7(9)8(5-6)10-2;1-2/h5,7-9H,3-4H2,1-2H3;1-2H3. The third-order valence-corrected chi connectivity index (χ3v) is 1.93. The summed E-state index contributed by atoms with van der Waals surface area (Å²) in [5.74, 6) is 0. The van der Waals surface area contributed by atoms with Crippen LogP contribution in [0.25, 0.3) is 0 Å². The Morgan fingerprint density at radius 3 is 2.50 bits per heavy atom. The van der Waals surface area contributed by atoms with Crippen LogP contribution < -0.4 is 0 Å². The quantitative estimate of drug-likeness (QED) is 0.614. The van der Waals surface area contributed by atoms with Gasteiger partial charge in [0.25, 0.3) is 0 Å². The van der Waals surface area contributed by atoms with E-state index in [1.54, 1.807) is 7.11 Å². The Labute approximate surface area is 75.2 Å². The largest absolute Gasteiger partial charge is 0.390 e. The van der Waals surface area contributed by atoms with E-state index in [2.05, 4.69) is 6.92 Å². The van der Waals surface area contributed by atoms with Crippen LogP contribution in [0.3, 0.4) is 0 Å². The van der Waals surface area contributed by atoms with Gasteiger partial charge in [-0.05, 0) is 19.8 Å². The Balaban J connectivity index is 0.000000561. The van der Waals surface area contributed by atoms with E-state index in [9.17, 15) is 5.11 Å². The Hall–Kier alpha value is -0.340. The zero-order valence-electron chi connectivity index (χ0n) is 8.50. The third kappa shape index (κ3) is 3.37. The minimum absolute atomic E-state index is 0.0752. The fraction of sp³-hybridized carbons (Fsp3) is 0.800. The second-order valence-corrected chi connectivity index (χ2v) is 2.82. The number of hydrogen-bond acceptors (Lipinski definition) is 2. The molecule has 0 saturated carbocycles. The predicted molar refractivity (Wildman–Crippen MR) is 51.1 cm³/mol. The lowest BCUT2D eigenvalue weighted by Crippen LogP contribution is -2.29. The molecule has 0 spiro atoms. The van der Waals surface area contributed by atoms with Gasteiger partial charge in [0.05, 0.1) is 6.10 Å². The van der Waals surface area contributed by atoms with Crippen molar-refractivity contribution in [2.24, 2.45) is 0 Å². The minimum atomic E-state index is -0.298. The number of hydrogen-bond donors (Lipinski definition) is 1. The molecule has 2 heteroatoms. The van der Waals surface area contributed by atoms with Gasteiger partial charge in [-0.3, -0.25) is 0 Å². The number of ether oxygens (including phenoxy) is 1. The summed E-state index contributed by atoms with van der Waals surface area (Å²) in [6.07, 6.45) is 3.46. The highest BCUT2D eigenvalue weighted by Gasteiger charge is 2.20. The van der Waals surface area contributed by atoms with Crippen molar-refractivity contribution in [2.75, 3.05) is 7.11 Å². The Morgan fingerprint density at radius 1 is 1.50 bits per heavy atom. The summed E-state index contributed by atoms with van der Waals surface area (Å²) in [4.78, 5) is 0. The second-order valence-electron chi connectivity index (χ2n) is 2.82. The van der Waals surface area contributed by atoms with Crippen LogP contribution in [0.2, 0.25) is 0 Å². The maximum Gasteiger partial charge on any atom is 0.101 e. The molecule has 1 rings (SSSR count). The number of aliphatic hydroxyl groups is 1. The average molecular weight is 172 g/mol. The van der Waals surface area contributed by atoms with Crippen molar-refractivity contribution in [3.8, 4) is 0 Å². The minimum Gasteiger partial charge on any atom is -0.390 e. The molecule has 12 heavy (non-hydrogen) atoms. The number of rotatable bonds is 1. The van der Waals surface area contributed by atoms with Gasteiger partial charge in [0, 0.05) is 7.11 Å². The zero-order valence-corrected chi connectivity index (χ0v) is 8.50. The molecule has 0 bridgehead atoms. The number of methoxy groups -OCH3 is 1. The maximum atomic E-state index is 9.32. The van der Waals surface area contributed by atoms with Gasteiger partial charge in [0.2, 0.25) is 0 Å². The van der Waals surface area contributed by atoms with Gasteiger partial charge in [0.15, 0.2) is 0 Å². The van der Waals surface area contributed by atoms with Crippen molar-refractivity contribution in [1.29, 1.82) is 0 Å². The highest BCUT2D eigenvalue weighted by Crippen LogP contribution is 2.19. The van der Waals surface area contributed by atoms with Gasteiger partial charge in [-0.25, -0.2) is 0 Å². The van der Waals surface area contributed by atoms with E-state index in [0.29, 0.717) is 0 Å². The monoisotopic (exact) mass is 172 g/mol. The van der Waals surface area contributed by atoms with E-state index in [1.165, 1.54) is 5.57 Å². The van der Waals surface area contributed by atoms with Crippen LogP contribution in [0.1, 0.15) is 33.6 Å². The van der Waals surface area contributed by atoms with Gasteiger partial charge in [-0.2, -0.15) is 0 Å². The number of aliphatic hydroxyl groups excluding tert-OH is 1. The SMILES string of the molecule is CC.COC1C=C(C)CCC1O. The van der Waals surface area contributed by atoms with Crippen LogP contribution in [0, 0.1) is 0 Å². The molecule has 0 aromatic rings. The van der Waals surface area contributed by atoms with Gasteiger partial charge in [-0.15, -0.1) is 0 Å². The number of allylic oxidation sites excluding steroid dienone is 1. The molecule has 0 radical (unpaired) electrons. The Bertz CT molecular complexity index is 141. The summed E-state index contributed by atoms with van der Waals surface area (Å²) in [5.41, 5.74) is 1.32. The van der Waals surface area contributed by atoms with Gasteiger partial charge < -0.3 is 9.84 Å². The van der Waals surface area contributed by atoms with Gasteiger partial charge in [0.1, 0.15) is 6.10 Å². The lowest BCUT2D eigenvalue weighted by molar-refractivity contribution is 0.00748. The fourth-order valence-corrected chi connectivity index (χ4v) is 1.24. The molecule has 1 N–H and O–H groups in total. The summed E-state index contributed by atoms with van der Waals surface area (Å²) in [7, 11) is 1.63. The van der Waals surface area contributed by atoms with Crippen LogP contribution in [0.15, 0.2) is 11.6 Å². The first-order chi connectivity index (χ1) is 5.74. The summed E-state index contributed by atoms with van der Waals surface area (Å²) in [6, 6.07) is 0. The molecule has 0 aromatic heterocycles. The first-order valence-corrected chi connectivity index (χ1v) is 4.62. The Morgan fingerprint density at radius 2 is 2.08 bits per heavy atom. The molecule has 2 unspecified atom stereocenters. The molecular weight excluding hydrogens is 152 g/mol. The van der Waals surface area contributed by atoms with Crippen LogP contribution in [-0.2, 0) is 4.74 Å². The van der Waals surface area contributed by atoms with Crippen LogP contribution in [0.4, 0.5) is 0 Å². The molecule has 1 aliphatic rings. The van der Waals surface area contributed by atoms with E-state index in [-0.39, 0.29) is 12.2 Å². The lowest BCUT2D eigenvalue weighted by atomic mass is 9.96. The van der Waals surface area contributed by atoms with Crippen molar-refractivity contribution >= 4 is 0 Å². The molecule has 0 saturated heterocycles. The van der Waals surface area contributed by atoms with Gasteiger partial charge >= 0.3 is 0 Å². The van der Waals surface area contributed by atoms with E-state index >= 15 is 0 Å². The molecule has 1 aliphatic carbocycles. The molecule has 2 atom stereocenters. The molecule has 0 aliphatic heterocycles. The molecule has 0 heterocycles. The third-order valence-electron chi connectivity index (χ3n) is 1.93. The Kier molecular flexibility index (Phi) is 6.03. The molecule has 0 amide bonds. The lowest BCUT2D eigenvalue weighted by Gasteiger charge is -2.23. The van der Waals surface area contributed by atoms with Gasteiger partial charge in [-0.1, -0.05) is 25.5 Å². The smallest absolute Gasteiger partial charge is 0.101 e. The van der Waals surface area contributed by atoms with E-state index < -0.39 is 0 Å². The summed E-state index contributed by atoms with van der Waals surface area (Å²) in [6.45, 7) is 6.07. The molecular formula is C10H20O2. The highest BCUT2D eigenvalue weighted by molar-refractivity contribution is 5.08. The predicted octanol–water partition coefficient (Wildman–Crippen LogP) is 2.13. The average Bonchev–Trinajstić information content (AvgIpc) is 2.13. The van der Waals surface area contributed by atoms with Crippen molar-refractivity contribution in [3.05, 3.63) is 11.6 Å². The summed E-state index contributed by atoms with van der Waals surface area (Å²) in [5, 5.41) is 9.32. The van der Waals surface area contributed by atoms with Crippen LogP contribution in [0.5, 0.6) is 0 Å². The van der Waals surface area contributed by atoms with Crippen molar-refractivity contribution in [3.63, 3.8) is 0 Å². The molecule has 0 aromatic carbocycles. The molecule has 72 valence electrons.